The Morgan fingerprint density at radius 1 is 0.726 bits per heavy atom. The summed E-state index contributed by atoms with van der Waals surface area (Å²) in [5, 5.41) is 23.7. The number of carbonyl (C=O) groups excluding carboxylic acids is 4. The lowest BCUT2D eigenvalue weighted by molar-refractivity contribution is -0.161. The highest BCUT2D eigenvalue weighted by molar-refractivity contribution is 8.14. The van der Waals surface area contributed by atoms with E-state index in [9.17, 15) is 34.0 Å². The predicted molar refractivity (Wildman–Crippen MR) is 286 cm³/mol. The van der Waals surface area contributed by atoms with Crippen LogP contribution in [-0.2, 0) is 37.7 Å². The Morgan fingerprint density at radius 3 is 1.62 bits per heavy atom. The number of thiol groups is 1. The number of hydrogen-bond donors (Lipinski definition) is 3. The number of esters is 2. The van der Waals surface area contributed by atoms with Crippen molar-refractivity contribution < 1.29 is 57.0 Å². The Balaban J connectivity index is 0.000000166. The number of phosphoric acid groups is 1. The third kappa shape index (κ3) is 12.5. The number of benzene rings is 2. The molecule has 0 saturated carbocycles. The number of aliphatic hydroxyl groups is 2. The minimum Gasteiger partial charge on any atom is -0.465 e. The Bertz CT molecular complexity index is 2480. The molecule has 2 aromatic carbocycles. The van der Waals surface area contributed by atoms with Crippen molar-refractivity contribution in [1.82, 2.24) is 19.6 Å². The Kier molecular flexibility index (Phi) is 18.2. The molecular formula is C50H65N6O12PS4. The highest BCUT2D eigenvalue weighted by Crippen LogP contribution is 2.58. The van der Waals surface area contributed by atoms with Gasteiger partial charge in [0.1, 0.15) is 17.3 Å². The summed E-state index contributed by atoms with van der Waals surface area (Å²) in [5.74, 6) is 0.830. The zero-order valence-corrected chi connectivity index (χ0v) is 46.0. The number of carbonyl (C=O) groups is 4. The minimum absolute atomic E-state index is 0.00345. The van der Waals surface area contributed by atoms with Gasteiger partial charge >= 0.3 is 19.8 Å². The number of rotatable bonds is 16. The van der Waals surface area contributed by atoms with Crippen molar-refractivity contribution in [3.8, 4) is 11.5 Å². The molecule has 8 aliphatic heterocycles. The van der Waals surface area contributed by atoms with Crippen LogP contribution in [0.4, 0.5) is 0 Å². The molecule has 18 nitrogen and oxygen atoms in total. The van der Waals surface area contributed by atoms with Gasteiger partial charge in [0.15, 0.2) is 10.3 Å². The third-order valence-corrected chi connectivity index (χ3v) is 18.7. The first kappa shape index (κ1) is 54.9. The van der Waals surface area contributed by atoms with Crippen LogP contribution in [0.2, 0.25) is 0 Å². The first-order chi connectivity index (χ1) is 34.9. The Labute approximate surface area is 445 Å². The number of hydrogen-bond acceptors (Lipinski definition) is 20. The molecule has 0 aliphatic carbocycles. The molecule has 0 bridgehead atoms. The molecule has 8 aliphatic rings. The lowest BCUT2D eigenvalue weighted by atomic mass is 9.79. The van der Waals surface area contributed by atoms with Gasteiger partial charge in [-0.3, -0.25) is 29.2 Å². The summed E-state index contributed by atoms with van der Waals surface area (Å²) >= 11 is 9.88. The van der Waals surface area contributed by atoms with E-state index in [1.807, 2.05) is 47.1 Å². The van der Waals surface area contributed by atoms with Gasteiger partial charge in [-0.05, 0) is 38.1 Å². The van der Waals surface area contributed by atoms with Gasteiger partial charge in [0, 0.05) is 97.3 Å². The van der Waals surface area contributed by atoms with Gasteiger partial charge in [-0.2, -0.15) is 17.2 Å². The number of β-lactam (4-membered cyclic amide) rings is 2. The average Bonchev–Trinajstić information content (AvgIpc) is 4.12. The summed E-state index contributed by atoms with van der Waals surface area (Å²) in [5.41, 5.74) is 1.41. The number of amidine groups is 2. The lowest BCUT2D eigenvalue weighted by Crippen LogP contribution is -2.63. The van der Waals surface area contributed by atoms with Gasteiger partial charge in [0.2, 0.25) is 11.8 Å². The first-order valence-corrected chi connectivity index (χ1v) is 29.5. The van der Waals surface area contributed by atoms with Crippen LogP contribution in [0.25, 0.3) is 0 Å². The molecular weight excluding hydrogens is 1040 g/mol. The number of amides is 2. The summed E-state index contributed by atoms with van der Waals surface area (Å²) in [6.07, 6.45) is -0.815. The van der Waals surface area contributed by atoms with E-state index in [4.69, 9.17) is 23.0 Å². The maximum Gasteiger partial charge on any atom is 0.646 e. The van der Waals surface area contributed by atoms with Crippen LogP contribution in [-0.4, -0.2) is 163 Å². The second kappa shape index (κ2) is 24.1. The fourth-order valence-corrected chi connectivity index (χ4v) is 15.2. The number of fused-ring (bicyclic) bond motifs is 2. The molecule has 23 heteroatoms. The van der Waals surface area contributed by atoms with Crippen LogP contribution < -0.4 is 9.05 Å². The van der Waals surface area contributed by atoms with Gasteiger partial charge in [0.05, 0.1) is 68.1 Å². The van der Waals surface area contributed by atoms with Gasteiger partial charge in [-0.15, -0.1) is 11.8 Å². The molecule has 10 rings (SSSR count). The molecule has 73 heavy (non-hydrogen) atoms. The molecule has 2 amide bonds. The largest absolute Gasteiger partial charge is 0.646 e. The van der Waals surface area contributed by atoms with Crippen molar-refractivity contribution in [2.24, 2.45) is 33.7 Å². The highest BCUT2D eigenvalue weighted by atomic mass is 32.2. The van der Waals surface area contributed by atoms with Crippen LogP contribution in [0.5, 0.6) is 11.5 Å². The molecule has 4 fully saturated rings. The van der Waals surface area contributed by atoms with Crippen LogP contribution in [0.3, 0.4) is 0 Å². The number of phosphoric ester groups is 1. The quantitative estimate of drug-likeness (QED) is 0.0707. The Hall–Kier alpha value is -4.31. The Morgan fingerprint density at radius 2 is 1.18 bits per heavy atom. The molecule has 0 unspecified atom stereocenters. The summed E-state index contributed by atoms with van der Waals surface area (Å²) < 4.78 is 41.7. The molecule has 0 spiro atoms. The number of thioether (sulfide) groups is 3. The maximum absolute atomic E-state index is 14.0. The van der Waals surface area contributed by atoms with Crippen molar-refractivity contribution in [3.63, 3.8) is 0 Å². The van der Waals surface area contributed by atoms with Gasteiger partial charge in [0.25, 0.3) is 0 Å². The number of aliphatic hydroxyl groups excluding tert-OH is 2. The fourth-order valence-electron chi connectivity index (χ4n) is 10.1. The van der Waals surface area contributed by atoms with Crippen LogP contribution in [0.15, 0.2) is 92.7 Å². The molecule has 2 aromatic rings. The average molecular weight is 1100 g/mol. The molecule has 8 heterocycles. The van der Waals surface area contributed by atoms with Crippen LogP contribution >= 0.6 is 55.7 Å². The van der Waals surface area contributed by atoms with E-state index in [-0.39, 0.29) is 78.6 Å². The van der Waals surface area contributed by atoms with E-state index in [1.54, 1.807) is 74.5 Å². The third-order valence-electron chi connectivity index (χ3n) is 13.5. The van der Waals surface area contributed by atoms with E-state index in [0.29, 0.717) is 22.6 Å². The smallest absolute Gasteiger partial charge is 0.465 e. The van der Waals surface area contributed by atoms with E-state index in [1.165, 1.54) is 34.6 Å². The molecule has 4 saturated heterocycles. The monoisotopic (exact) mass is 1100 g/mol. The highest BCUT2D eigenvalue weighted by Gasteiger charge is 2.61. The molecule has 0 radical (unpaired) electrons. The van der Waals surface area contributed by atoms with Gasteiger partial charge < -0.3 is 52.9 Å². The predicted octanol–water partition coefficient (Wildman–Crippen LogP) is 6.52. The van der Waals surface area contributed by atoms with Gasteiger partial charge in [-0.25, -0.2) is 0 Å². The van der Waals surface area contributed by atoms with E-state index in [0.717, 1.165) is 55.9 Å². The maximum atomic E-state index is 14.0. The number of para-hydroxylation sites is 2. The van der Waals surface area contributed by atoms with E-state index < -0.39 is 37.8 Å². The number of aliphatic imine (C=N–C) groups is 2. The summed E-state index contributed by atoms with van der Waals surface area (Å²) in [7, 11) is -4.29. The van der Waals surface area contributed by atoms with E-state index in [2.05, 4.69) is 39.3 Å². The van der Waals surface area contributed by atoms with Crippen LogP contribution in [0, 0.1) is 23.7 Å². The van der Waals surface area contributed by atoms with Gasteiger partial charge in [-0.1, -0.05) is 73.8 Å². The number of nitrogens with zero attached hydrogens (tertiary/aromatic N) is 6. The van der Waals surface area contributed by atoms with Crippen molar-refractivity contribution in [1.29, 1.82) is 0 Å². The molecule has 8 atom stereocenters. The lowest BCUT2D eigenvalue weighted by Gasteiger charge is -2.47. The first-order valence-electron chi connectivity index (χ1n) is 24.7. The number of ether oxygens (including phenoxy) is 2. The van der Waals surface area contributed by atoms with Crippen molar-refractivity contribution in [2.45, 2.75) is 89.2 Å². The molecule has 2 N–H and O–H groups in total. The topological polar surface area (TPSA) is 210 Å². The van der Waals surface area contributed by atoms with Crippen molar-refractivity contribution in [3.05, 3.63) is 82.7 Å². The molecule has 396 valence electrons. The molecule has 0 aromatic heterocycles. The minimum atomic E-state index is -4.29. The fraction of sp³-hybridized carbons (Fsp3) is 0.560. The second-order valence-corrected chi connectivity index (χ2v) is 24.5. The summed E-state index contributed by atoms with van der Waals surface area (Å²) in [4.78, 5) is 66.1. The van der Waals surface area contributed by atoms with Crippen molar-refractivity contribution in [2.75, 3.05) is 64.0 Å². The zero-order valence-electron chi connectivity index (χ0n) is 41.8. The van der Waals surface area contributed by atoms with Crippen molar-refractivity contribution >= 4 is 89.8 Å². The number of likely N-dealkylation sites (tertiary alicyclic amines) is 2. The normalized spacial score (nSPS) is 26.1. The summed E-state index contributed by atoms with van der Waals surface area (Å²) in [6, 6.07) is 16.6. The second-order valence-electron chi connectivity index (χ2n) is 18.9. The summed E-state index contributed by atoms with van der Waals surface area (Å²) in [6.45, 7) is 16.3. The standard InChI is InChI=1S/C25H28NO8P.C19H27N3O4S2.C6H10N2S2/c1-16-23-22(17(2)27)25(29)26(23)21(14-15-31-18(3)28)24(16)34-35(30,32-19-10-6-4-7-11-19)33-20-12-8-5-9-13-20;1-10-16-15(11(2)23)18(25)22(16)14(4-6-26-12(3)24)17(10)28-13-8-21(9-13)19-20-5-7-27-19;9-5-3-8(4-5)6-7-1-2-10-6/h4-13,16-17,22-23,27H,14-15H2,1-3H3;10-11,13,15-16,23H,4-9H2,1-3H3;5,9H,1-4H2/t16-,17-,22-,23-;10-,11-,15-,16-;/m11./s1. The van der Waals surface area contributed by atoms with Crippen LogP contribution in [0.1, 0.15) is 54.4 Å². The zero-order chi connectivity index (χ0) is 52.1. The SMILES string of the molecule is CC(=O)OCCC1=C(OP(=O)(Oc2ccccc2)Oc2ccccc2)[C@H](C)[C@@H]2[C@@H]([C@@H](C)O)C(=O)N12.CC(=O)OCCC1=C(SC2CN(C3=NCCS3)C2)[C@H](C)[C@@H]2[C@@H]([C@@H](C)O)C(=O)N12.SC1CN(C2=NCCS2)C1. The van der Waals surface area contributed by atoms with E-state index >= 15 is 0 Å².